The second kappa shape index (κ2) is 10.3. The molecule has 1 saturated heterocycles. The van der Waals surface area contributed by atoms with Gasteiger partial charge in [0.1, 0.15) is 5.75 Å². The first kappa shape index (κ1) is 22.5. The maximum Gasteiger partial charge on any atom is 0.257 e. The molecule has 2 heterocycles. The van der Waals surface area contributed by atoms with Crippen molar-refractivity contribution in [3.63, 3.8) is 0 Å². The lowest BCUT2D eigenvalue weighted by Gasteiger charge is -2.26. The number of piperidine rings is 1. The molecule has 4 rings (SSSR count). The van der Waals surface area contributed by atoms with E-state index in [4.69, 9.17) is 9.26 Å². The first-order valence-electron chi connectivity index (χ1n) is 11.2. The van der Waals surface area contributed by atoms with Crippen LogP contribution in [0, 0.1) is 0 Å². The molecule has 3 aromatic rings. The Morgan fingerprint density at radius 1 is 1.06 bits per heavy atom. The Bertz CT molecular complexity index is 1100. The van der Waals surface area contributed by atoms with Crippen LogP contribution >= 0.6 is 0 Å². The van der Waals surface area contributed by atoms with Crippen molar-refractivity contribution in [3.05, 3.63) is 65.5 Å². The number of carbonyl (C=O) groups excluding carboxylic acids is 2. The molecule has 0 unspecified atom stereocenters. The van der Waals surface area contributed by atoms with Crippen molar-refractivity contribution in [1.29, 1.82) is 0 Å². The monoisotopic (exact) mass is 448 g/mol. The summed E-state index contributed by atoms with van der Waals surface area (Å²) in [4.78, 5) is 33.2. The summed E-state index contributed by atoms with van der Waals surface area (Å²) in [6.45, 7) is 2.09. The van der Waals surface area contributed by atoms with E-state index in [2.05, 4.69) is 10.1 Å². The van der Waals surface area contributed by atoms with Crippen LogP contribution in [-0.2, 0) is 6.42 Å². The molecule has 172 valence electrons. The molecule has 0 radical (unpaired) electrons. The average Bonchev–Trinajstić information content (AvgIpc) is 3.36. The molecule has 0 saturated carbocycles. The largest absolute Gasteiger partial charge is 0.497 e. The van der Waals surface area contributed by atoms with Crippen LogP contribution in [0.5, 0.6) is 5.75 Å². The van der Waals surface area contributed by atoms with Crippen LogP contribution < -0.4 is 4.74 Å². The van der Waals surface area contributed by atoms with Gasteiger partial charge >= 0.3 is 0 Å². The van der Waals surface area contributed by atoms with Crippen molar-refractivity contribution in [2.45, 2.75) is 25.7 Å². The first-order chi connectivity index (χ1) is 16.0. The van der Waals surface area contributed by atoms with Crippen LogP contribution in [0.25, 0.3) is 11.5 Å². The smallest absolute Gasteiger partial charge is 0.257 e. The van der Waals surface area contributed by atoms with E-state index in [9.17, 15) is 9.59 Å². The van der Waals surface area contributed by atoms with E-state index in [-0.39, 0.29) is 11.8 Å². The molecule has 0 N–H and O–H groups in total. The van der Waals surface area contributed by atoms with Gasteiger partial charge in [0.05, 0.1) is 7.11 Å². The molecule has 0 atom stereocenters. The van der Waals surface area contributed by atoms with Gasteiger partial charge in [-0.05, 0) is 61.7 Å². The number of ether oxygens (including phenoxy) is 1. The topological polar surface area (TPSA) is 88.8 Å². The fourth-order valence-electron chi connectivity index (χ4n) is 3.85. The number of likely N-dealkylation sites (tertiary alicyclic amines) is 1. The minimum Gasteiger partial charge on any atom is -0.497 e. The molecular weight excluding hydrogens is 420 g/mol. The Morgan fingerprint density at radius 2 is 1.82 bits per heavy atom. The summed E-state index contributed by atoms with van der Waals surface area (Å²) in [5.41, 5.74) is 1.98. The van der Waals surface area contributed by atoms with Crippen LogP contribution in [0.1, 0.15) is 45.8 Å². The van der Waals surface area contributed by atoms with E-state index in [0.29, 0.717) is 41.6 Å². The third-order valence-electron chi connectivity index (χ3n) is 5.82. The van der Waals surface area contributed by atoms with Gasteiger partial charge in [0.25, 0.3) is 17.7 Å². The zero-order chi connectivity index (χ0) is 23.2. The molecule has 1 aromatic heterocycles. The van der Waals surface area contributed by atoms with Gasteiger partial charge in [-0.15, -0.1) is 0 Å². The number of amides is 2. The van der Waals surface area contributed by atoms with Crippen molar-refractivity contribution in [2.75, 3.05) is 33.8 Å². The Balaban J connectivity index is 1.34. The van der Waals surface area contributed by atoms with Crippen molar-refractivity contribution in [2.24, 2.45) is 0 Å². The van der Waals surface area contributed by atoms with E-state index in [1.165, 1.54) is 6.42 Å². The molecule has 0 aliphatic carbocycles. The second-order valence-electron chi connectivity index (χ2n) is 8.15. The third-order valence-corrected chi connectivity index (χ3v) is 5.82. The van der Waals surface area contributed by atoms with Crippen LogP contribution in [0.3, 0.4) is 0 Å². The molecule has 1 fully saturated rings. The van der Waals surface area contributed by atoms with Crippen LogP contribution in [-0.4, -0.2) is 65.5 Å². The number of rotatable bonds is 7. The number of benzene rings is 2. The summed E-state index contributed by atoms with van der Waals surface area (Å²) >= 11 is 0. The lowest BCUT2D eigenvalue weighted by molar-refractivity contribution is 0.0723. The number of hydrogen-bond acceptors (Lipinski definition) is 6. The highest BCUT2D eigenvalue weighted by molar-refractivity contribution is 5.95. The first-order valence-corrected chi connectivity index (χ1v) is 11.2. The lowest BCUT2D eigenvalue weighted by Crippen LogP contribution is -2.35. The van der Waals surface area contributed by atoms with E-state index in [0.717, 1.165) is 31.5 Å². The zero-order valence-electron chi connectivity index (χ0n) is 19.0. The van der Waals surface area contributed by atoms with Gasteiger partial charge in [-0.3, -0.25) is 9.59 Å². The number of nitrogens with zero attached hydrogens (tertiary/aromatic N) is 4. The predicted octanol–water partition coefficient (Wildman–Crippen LogP) is 3.69. The van der Waals surface area contributed by atoms with Crippen LogP contribution in [0.15, 0.2) is 53.1 Å². The molecule has 1 aliphatic rings. The molecule has 1 aliphatic heterocycles. The highest BCUT2D eigenvalue weighted by Crippen LogP contribution is 2.20. The number of methoxy groups -OCH3 is 1. The minimum absolute atomic E-state index is 0.0659. The number of hydrogen-bond donors (Lipinski definition) is 0. The van der Waals surface area contributed by atoms with Gasteiger partial charge in [0.2, 0.25) is 0 Å². The Morgan fingerprint density at radius 3 is 2.55 bits per heavy atom. The number of carbonyl (C=O) groups is 2. The SMILES string of the molecule is COc1cccc(C(=O)N(C)CCc2noc(-c3ccc(C(=O)N4CCCCC4)cc3)n2)c1. The minimum atomic E-state index is -0.105. The standard InChI is InChI=1S/C25H28N4O4/c1-28(24(30)20-7-6-8-21(17-20)32-2)16-13-22-26-23(33-27-22)18-9-11-19(12-10-18)25(31)29-14-4-3-5-15-29/h6-12,17H,3-5,13-16H2,1-2H3. The highest BCUT2D eigenvalue weighted by Gasteiger charge is 2.19. The van der Waals surface area contributed by atoms with Gasteiger partial charge in [0, 0.05) is 49.8 Å². The van der Waals surface area contributed by atoms with Crippen molar-refractivity contribution in [1.82, 2.24) is 19.9 Å². The predicted molar refractivity (Wildman–Crippen MR) is 123 cm³/mol. The van der Waals surface area contributed by atoms with Crippen LogP contribution in [0.2, 0.25) is 0 Å². The van der Waals surface area contributed by atoms with Gasteiger partial charge < -0.3 is 19.1 Å². The average molecular weight is 449 g/mol. The summed E-state index contributed by atoms with van der Waals surface area (Å²) in [6, 6.07) is 14.3. The van der Waals surface area contributed by atoms with E-state index < -0.39 is 0 Å². The van der Waals surface area contributed by atoms with Gasteiger partial charge in [-0.1, -0.05) is 11.2 Å². The summed E-state index contributed by atoms with van der Waals surface area (Å²) in [6.07, 6.45) is 3.78. The van der Waals surface area contributed by atoms with Gasteiger partial charge in [-0.2, -0.15) is 4.98 Å². The summed E-state index contributed by atoms with van der Waals surface area (Å²) in [5.74, 6) is 1.51. The summed E-state index contributed by atoms with van der Waals surface area (Å²) in [5, 5.41) is 4.04. The molecule has 0 spiro atoms. The molecule has 8 heteroatoms. The number of likely N-dealkylation sites (N-methyl/N-ethyl adjacent to an activating group) is 1. The van der Waals surface area contributed by atoms with Crippen molar-refractivity contribution in [3.8, 4) is 17.2 Å². The second-order valence-corrected chi connectivity index (χ2v) is 8.15. The van der Waals surface area contributed by atoms with E-state index >= 15 is 0 Å². The fraction of sp³-hybridized carbons (Fsp3) is 0.360. The fourth-order valence-corrected chi connectivity index (χ4v) is 3.85. The van der Waals surface area contributed by atoms with Crippen LogP contribution in [0.4, 0.5) is 0 Å². The quantitative estimate of drug-likeness (QED) is 0.548. The van der Waals surface area contributed by atoms with Gasteiger partial charge in [0.15, 0.2) is 5.82 Å². The maximum absolute atomic E-state index is 12.6. The Kier molecular flexibility index (Phi) is 7.02. The third kappa shape index (κ3) is 5.39. The Hall–Kier alpha value is -3.68. The molecular formula is C25H28N4O4. The van der Waals surface area contributed by atoms with Gasteiger partial charge in [-0.25, -0.2) is 0 Å². The molecule has 33 heavy (non-hydrogen) atoms. The number of aromatic nitrogens is 2. The van der Waals surface area contributed by atoms with Crippen molar-refractivity contribution < 1.29 is 18.8 Å². The molecule has 0 bridgehead atoms. The molecule has 2 amide bonds. The van der Waals surface area contributed by atoms with E-state index in [1.54, 1.807) is 55.5 Å². The maximum atomic E-state index is 12.6. The summed E-state index contributed by atoms with van der Waals surface area (Å²) in [7, 11) is 3.31. The van der Waals surface area contributed by atoms with Crippen molar-refractivity contribution >= 4 is 11.8 Å². The van der Waals surface area contributed by atoms with E-state index in [1.807, 2.05) is 17.0 Å². The lowest BCUT2D eigenvalue weighted by atomic mass is 10.1. The normalized spacial score (nSPS) is 13.6. The Labute approximate surface area is 193 Å². The highest BCUT2D eigenvalue weighted by atomic mass is 16.5. The summed E-state index contributed by atoms with van der Waals surface area (Å²) < 4.78 is 10.6. The zero-order valence-corrected chi connectivity index (χ0v) is 19.0. The molecule has 2 aromatic carbocycles. The molecule has 8 nitrogen and oxygen atoms in total.